The zero-order chi connectivity index (χ0) is 18.8. The van der Waals surface area contributed by atoms with Crippen LogP contribution in [0, 0.1) is 0 Å². The van der Waals surface area contributed by atoms with Gasteiger partial charge in [-0.15, -0.1) is 0 Å². The highest BCUT2D eigenvalue weighted by molar-refractivity contribution is 6.01. The molecular formula is C20H17N3O4. The van der Waals surface area contributed by atoms with Crippen molar-refractivity contribution in [2.45, 2.75) is 13.2 Å². The van der Waals surface area contributed by atoms with E-state index in [0.29, 0.717) is 23.4 Å². The molecule has 0 saturated carbocycles. The Bertz CT molecular complexity index is 1190. The fraction of sp³-hybridized carbons (Fsp3) is 0.150. The van der Waals surface area contributed by atoms with Crippen molar-refractivity contribution in [3.63, 3.8) is 0 Å². The van der Waals surface area contributed by atoms with Crippen LogP contribution >= 0.6 is 0 Å². The van der Waals surface area contributed by atoms with Crippen LogP contribution in [0.3, 0.4) is 0 Å². The number of carbonyl (C=O) groups excluding carboxylic acids is 1. The summed E-state index contributed by atoms with van der Waals surface area (Å²) < 4.78 is 11.9. The average molecular weight is 363 g/mol. The van der Waals surface area contributed by atoms with Crippen LogP contribution in [0.4, 0.5) is 5.69 Å². The Morgan fingerprint density at radius 1 is 1.22 bits per heavy atom. The summed E-state index contributed by atoms with van der Waals surface area (Å²) in [6.45, 7) is 0.295. The summed E-state index contributed by atoms with van der Waals surface area (Å²) in [4.78, 5) is 29.3. The van der Waals surface area contributed by atoms with Crippen molar-refractivity contribution in [1.29, 1.82) is 0 Å². The average Bonchev–Trinajstić information content (AvgIpc) is 3.04. The number of rotatable bonds is 5. The van der Waals surface area contributed by atoms with Crippen molar-refractivity contribution in [3.8, 4) is 0 Å². The second-order valence-electron chi connectivity index (χ2n) is 6.14. The van der Waals surface area contributed by atoms with E-state index in [0.717, 1.165) is 10.9 Å². The first-order valence-corrected chi connectivity index (χ1v) is 8.40. The maximum Gasteiger partial charge on any atom is 0.297 e. The molecule has 0 atom stereocenters. The Labute approximate surface area is 154 Å². The molecule has 0 saturated heterocycles. The number of amides is 1. The van der Waals surface area contributed by atoms with Gasteiger partial charge in [-0.2, -0.15) is 0 Å². The van der Waals surface area contributed by atoms with Gasteiger partial charge in [0.05, 0.1) is 12.9 Å². The second kappa shape index (κ2) is 7.05. The van der Waals surface area contributed by atoms with E-state index in [1.54, 1.807) is 19.2 Å². The molecular weight excluding hydrogens is 346 g/mol. The number of hydrogen-bond donors (Lipinski definition) is 1. The Hall–Kier alpha value is -3.45. The zero-order valence-electron chi connectivity index (χ0n) is 14.6. The summed E-state index contributed by atoms with van der Waals surface area (Å²) in [6.07, 6.45) is 1.37. The van der Waals surface area contributed by atoms with Crippen molar-refractivity contribution >= 4 is 33.7 Å². The lowest BCUT2D eigenvalue weighted by molar-refractivity contribution is -0.116. The molecule has 0 spiro atoms. The van der Waals surface area contributed by atoms with Gasteiger partial charge in [-0.25, -0.2) is 4.98 Å². The lowest BCUT2D eigenvalue weighted by Gasteiger charge is -2.08. The summed E-state index contributed by atoms with van der Waals surface area (Å²) >= 11 is 0. The SMILES string of the molecule is COCc1cccc(NC(=O)Cn2cnc3c(oc4ccccc43)c2=O)c1. The first-order valence-electron chi connectivity index (χ1n) is 8.40. The van der Waals surface area contributed by atoms with Crippen molar-refractivity contribution in [1.82, 2.24) is 9.55 Å². The fourth-order valence-corrected chi connectivity index (χ4v) is 2.99. The van der Waals surface area contributed by atoms with Crippen molar-refractivity contribution < 1.29 is 13.9 Å². The van der Waals surface area contributed by atoms with E-state index in [2.05, 4.69) is 10.3 Å². The zero-order valence-corrected chi connectivity index (χ0v) is 14.6. The Morgan fingerprint density at radius 2 is 2.07 bits per heavy atom. The molecule has 1 N–H and O–H groups in total. The molecule has 0 aliphatic heterocycles. The minimum Gasteiger partial charge on any atom is -0.448 e. The Kier molecular flexibility index (Phi) is 4.43. The van der Waals surface area contributed by atoms with Gasteiger partial charge in [0.15, 0.2) is 0 Å². The molecule has 0 aliphatic rings. The molecule has 27 heavy (non-hydrogen) atoms. The van der Waals surface area contributed by atoms with Gasteiger partial charge < -0.3 is 14.5 Å². The molecule has 0 radical (unpaired) electrons. The molecule has 0 fully saturated rings. The molecule has 2 aromatic carbocycles. The third kappa shape index (κ3) is 3.32. The predicted molar refractivity (Wildman–Crippen MR) is 102 cm³/mol. The van der Waals surface area contributed by atoms with Gasteiger partial charge in [-0.1, -0.05) is 24.3 Å². The third-order valence-electron chi connectivity index (χ3n) is 4.19. The van der Waals surface area contributed by atoms with Crippen LogP contribution in [0.1, 0.15) is 5.56 Å². The molecule has 0 bridgehead atoms. The van der Waals surface area contributed by atoms with E-state index < -0.39 is 0 Å². The highest BCUT2D eigenvalue weighted by Gasteiger charge is 2.14. The number of para-hydroxylation sites is 1. The Morgan fingerprint density at radius 3 is 2.93 bits per heavy atom. The van der Waals surface area contributed by atoms with Crippen molar-refractivity contribution in [2.75, 3.05) is 12.4 Å². The smallest absolute Gasteiger partial charge is 0.297 e. The van der Waals surface area contributed by atoms with Crippen LogP contribution in [0.25, 0.3) is 22.1 Å². The second-order valence-corrected chi connectivity index (χ2v) is 6.14. The van der Waals surface area contributed by atoms with Crippen LogP contribution in [-0.4, -0.2) is 22.6 Å². The van der Waals surface area contributed by atoms with Gasteiger partial charge in [-0.3, -0.25) is 14.2 Å². The molecule has 136 valence electrons. The highest BCUT2D eigenvalue weighted by Crippen LogP contribution is 2.24. The monoisotopic (exact) mass is 363 g/mol. The number of nitrogens with zero attached hydrogens (tertiary/aromatic N) is 2. The van der Waals surface area contributed by atoms with Gasteiger partial charge in [0, 0.05) is 18.2 Å². The maximum atomic E-state index is 12.7. The van der Waals surface area contributed by atoms with Crippen LogP contribution in [0.5, 0.6) is 0 Å². The van der Waals surface area contributed by atoms with Crippen molar-refractivity contribution in [3.05, 3.63) is 70.8 Å². The quantitative estimate of drug-likeness (QED) is 0.589. The summed E-state index contributed by atoms with van der Waals surface area (Å²) in [6, 6.07) is 14.6. The number of aromatic nitrogens is 2. The molecule has 1 amide bonds. The first kappa shape index (κ1) is 17.0. The number of anilines is 1. The number of methoxy groups -OCH3 is 1. The number of furan rings is 1. The summed E-state index contributed by atoms with van der Waals surface area (Å²) in [7, 11) is 1.61. The molecule has 0 aliphatic carbocycles. The minimum atomic E-state index is -0.389. The van der Waals surface area contributed by atoms with E-state index in [4.69, 9.17) is 9.15 Å². The highest BCUT2D eigenvalue weighted by atomic mass is 16.5. The summed E-state index contributed by atoms with van der Waals surface area (Å²) in [5.74, 6) is -0.330. The number of ether oxygens (including phenoxy) is 1. The number of fused-ring (bicyclic) bond motifs is 3. The molecule has 4 rings (SSSR count). The largest absolute Gasteiger partial charge is 0.448 e. The topological polar surface area (TPSA) is 86.4 Å². The number of benzene rings is 2. The van der Waals surface area contributed by atoms with E-state index in [-0.39, 0.29) is 23.6 Å². The van der Waals surface area contributed by atoms with Crippen LogP contribution in [-0.2, 0) is 22.7 Å². The van der Waals surface area contributed by atoms with E-state index in [1.807, 2.05) is 36.4 Å². The van der Waals surface area contributed by atoms with Crippen LogP contribution < -0.4 is 10.9 Å². The molecule has 4 aromatic rings. The lowest BCUT2D eigenvalue weighted by atomic mass is 10.2. The van der Waals surface area contributed by atoms with Gasteiger partial charge in [0.1, 0.15) is 17.6 Å². The standard InChI is InChI=1S/C20H17N3O4/c1-26-11-13-5-4-6-14(9-13)22-17(24)10-23-12-21-18-15-7-2-3-8-16(15)27-19(18)20(23)25/h2-9,12H,10-11H2,1H3,(H,22,24). The molecule has 7 nitrogen and oxygen atoms in total. The molecule has 2 heterocycles. The molecule has 0 unspecified atom stereocenters. The minimum absolute atomic E-state index is 0.147. The molecule has 7 heteroatoms. The van der Waals surface area contributed by atoms with Crippen LogP contribution in [0.2, 0.25) is 0 Å². The Balaban J connectivity index is 1.58. The van der Waals surface area contributed by atoms with Gasteiger partial charge >= 0.3 is 0 Å². The maximum absolute atomic E-state index is 12.7. The molecule has 2 aromatic heterocycles. The van der Waals surface area contributed by atoms with Gasteiger partial charge in [-0.05, 0) is 29.8 Å². The van der Waals surface area contributed by atoms with Crippen LogP contribution in [0.15, 0.2) is 64.1 Å². The van der Waals surface area contributed by atoms with E-state index in [9.17, 15) is 9.59 Å². The van der Waals surface area contributed by atoms with Crippen molar-refractivity contribution in [2.24, 2.45) is 0 Å². The summed E-state index contributed by atoms with van der Waals surface area (Å²) in [5.41, 5.74) is 2.43. The number of carbonyl (C=O) groups is 1. The van der Waals surface area contributed by atoms with Gasteiger partial charge in [0.2, 0.25) is 11.5 Å². The number of hydrogen-bond acceptors (Lipinski definition) is 5. The summed E-state index contributed by atoms with van der Waals surface area (Å²) in [5, 5.41) is 3.55. The van der Waals surface area contributed by atoms with E-state index in [1.165, 1.54) is 10.9 Å². The first-order chi connectivity index (χ1) is 13.2. The number of nitrogens with one attached hydrogen (secondary N) is 1. The fourth-order valence-electron chi connectivity index (χ4n) is 2.99. The van der Waals surface area contributed by atoms with Gasteiger partial charge in [0.25, 0.3) is 5.56 Å². The van der Waals surface area contributed by atoms with E-state index >= 15 is 0 Å². The lowest BCUT2D eigenvalue weighted by Crippen LogP contribution is -2.27. The predicted octanol–water partition coefficient (Wildman–Crippen LogP) is 2.93. The normalized spacial score (nSPS) is 11.1. The third-order valence-corrected chi connectivity index (χ3v) is 4.19.